The number of ether oxygens (including phenoxy) is 2. The first-order chi connectivity index (χ1) is 14.0. The summed E-state index contributed by atoms with van der Waals surface area (Å²) in [7, 11) is 1.69. The van der Waals surface area contributed by atoms with Crippen LogP contribution in [0.4, 0.5) is 5.69 Å². The number of hydrogen-bond donors (Lipinski definition) is 1. The van der Waals surface area contributed by atoms with Gasteiger partial charge in [0.2, 0.25) is 0 Å². The number of aryl methyl sites for hydroxylation is 1. The molecule has 2 aromatic carbocycles. The zero-order valence-corrected chi connectivity index (χ0v) is 18.1. The van der Waals surface area contributed by atoms with Gasteiger partial charge in [-0.15, -0.1) is 0 Å². The van der Waals surface area contributed by atoms with Gasteiger partial charge in [0.25, 0.3) is 0 Å². The number of nitrogens with zero attached hydrogens (tertiary/aromatic N) is 2. The van der Waals surface area contributed by atoms with Crippen LogP contribution in [0.25, 0.3) is 0 Å². The summed E-state index contributed by atoms with van der Waals surface area (Å²) in [5.41, 5.74) is 3.80. The van der Waals surface area contributed by atoms with E-state index in [4.69, 9.17) is 9.47 Å². The van der Waals surface area contributed by atoms with Crippen molar-refractivity contribution in [1.29, 1.82) is 0 Å². The minimum absolute atomic E-state index is 0.319. The maximum Gasteiger partial charge on any atom is 0.119 e. The third kappa shape index (κ3) is 5.87. The molecule has 0 unspecified atom stereocenters. The minimum atomic E-state index is -0.493. The average molecular weight is 399 g/mol. The highest BCUT2D eigenvalue weighted by atomic mass is 16.5. The molecule has 5 heteroatoms. The molecule has 1 saturated heterocycles. The number of anilines is 1. The van der Waals surface area contributed by atoms with Gasteiger partial charge in [-0.25, -0.2) is 0 Å². The molecule has 2 aromatic rings. The summed E-state index contributed by atoms with van der Waals surface area (Å²) in [6.45, 7) is 11.2. The third-order valence-electron chi connectivity index (χ3n) is 5.58. The maximum absolute atomic E-state index is 10.4. The molecule has 29 heavy (non-hydrogen) atoms. The summed E-state index contributed by atoms with van der Waals surface area (Å²) in [6.07, 6.45) is -0.493. The van der Waals surface area contributed by atoms with Gasteiger partial charge in [0.05, 0.1) is 7.11 Å². The number of aliphatic hydroxyl groups is 1. The quantitative estimate of drug-likeness (QED) is 0.735. The molecule has 1 fully saturated rings. The molecular formula is C24H34N2O3. The summed E-state index contributed by atoms with van der Waals surface area (Å²) in [5, 5.41) is 10.4. The van der Waals surface area contributed by atoms with Crippen molar-refractivity contribution < 1.29 is 14.6 Å². The molecule has 0 spiro atoms. The topological polar surface area (TPSA) is 45.2 Å². The highest BCUT2D eigenvalue weighted by Gasteiger charge is 2.20. The van der Waals surface area contributed by atoms with Gasteiger partial charge < -0.3 is 19.5 Å². The summed E-state index contributed by atoms with van der Waals surface area (Å²) in [6, 6.07) is 14.4. The second-order valence-corrected chi connectivity index (χ2v) is 8.12. The van der Waals surface area contributed by atoms with Gasteiger partial charge in [-0.1, -0.05) is 19.9 Å². The van der Waals surface area contributed by atoms with E-state index in [0.717, 1.165) is 37.7 Å². The van der Waals surface area contributed by atoms with E-state index in [1.807, 2.05) is 18.2 Å². The SMILES string of the molecule is COc1ccc(N2CCN(C[C@H](O)COc3ccc(C(C)C)c(C)c3)CC2)cc1. The Labute approximate surface area is 174 Å². The second-order valence-electron chi connectivity index (χ2n) is 8.12. The molecule has 0 radical (unpaired) electrons. The van der Waals surface area contributed by atoms with E-state index in [2.05, 4.69) is 54.8 Å². The molecule has 0 bridgehead atoms. The van der Waals surface area contributed by atoms with Crippen molar-refractivity contribution in [2.45, 2.75) is 32.8 Å². The summed E-state index contributed by atoms with van der Waals surface area (Å²) in [5.74, 6) is 2.21. The molecule has 1 atom stereocenters. The Balaban J connectivity index is 1.42. The minimum Gasteiger partial charge on any atom is -0.497 e. The molecule has 3 rings (SSSR count). The van der Waals surface area contributed by atoms with Crippen molar-refractivity contribution >= 4 is 5.69 Å². The molecule has 5 nitrogen and oxygen atoms in total. The van der Waals surface area contributed by atoms with E-state index in [-0.39, 0.29) is 0 Å². The highest BCUT2D eigenvalue weighted by Crippen LogP contribution is 2.24. The van der Waals surface area contributed by atoms with Gasteiger partial charge >= 0.3 is 0 Å². The zero-order chi connectivity index (χ0) is 20.8. The van der Waals surface area contributed by atoms with Crippen LogP contribution in [0.1, 0.15) is 30.9 Å². The highest BCUT2D eigenvalue weighted by molar-refractivity contribution is 5.49. The number of benzene rings is 2. The van der Waals surface area contributed by atoms with Crippen LogP contribution in [0.5, 0.6) is 11.5 Å². The van der Waals surface area contributed by atoms with E-state index in [1.165, 1.54) is 16.8 Å². The smallest absolute Gasteiger partial charge is 0.119 e. The van der Waals surface area contributed by atoms with Gasteiger partial charge in [-0.3, -0.25) is 4.90 Å². The van der Waals surface area contributed by atoms with Gasteiger partial charge in [0, 0.05) is 38.4 Å². The van der Waals surface area contributed by atoms with Crippen molar-refractivity contribution in [2.75, 3.05) is 51.3 Å². The normalized spacial score (nSPS) is 16.1. The van der Waals surface area contributed by atoms with Gasteiger partial charge in [-0.2, -0.15) is 0 Å². The molecule has 1 aliphatic rings. The predicted molar refractivity (Wildman–Crippen MR) is 118 cm³/mol. The average Bonchev–Trinajstić information content (AvgIpc) is 2.73. The van der Waals surface area contributed by atoms with Crippen LogP contribution in [-0.4, -0.2) is 62.6 Å². The van der Waals surface area contributed by atoms with E-state index in [9.17, 15) is 5.11 Å². The van der Waals surface area contributed by atoms with Crippen molar-refractivity contribution in [2.24, 2.45) is 0 Å². The van der Waals surface area contributed by atoms with E-state index < -0.39 is 6.10 Å². The number of rotatable bonds is 8. The van der Waals surface area contributed by atoms with Crippen LogP contribution in [-0.2, 0) is 0 Å². The fourth-order valence-electron chi connectivity index (χ4n) is 3.91. The Bertz CT molecular complexity index is 768. The number of hydrogen-bond acceptors (Lipinski definition) is 5. The molecule has 0 amide bonds. The lowest BCUT2D eigenvalue weighted by atomic mass is 9.98. The molecule has 0 aromatic heterocycles. The fraction of sp³-hybridized carbons (Fsp3) is 0.500. The summed E-state index contributed by atoms with van der Waals surface area (Å²) < 4.78 is 11.1. The monoisotopic (exact) mass is 398 g/mol. The lowest BCUT2D eigenvalue weighted by Crippen LogP contribution is -2.49. The fourth-order valence-corrected chi connectivity index (χ4v) is 3.91. The Morgan fingerprint density at radius 2 is 1.62 bits per heavy atom. The Morgan fingerprint density at radius 3 is 2.21 bits per heavy atom. The van der Waals surface area contributed by atoms with Gasteiger partial charge in [0.15, 0.2) is 0 Å². The van der Waals surface area contributed by atoms with Gasteiger partial charge in [0.1, 0.15) is 24.2 Å². The van der Waals surface area contributed by atoms with Crippen molar-refractivity contribution in [3.63, 3.8) is 0 Å². The van der Waals surface area contributed by atoms with E-state index >= 15 is 0 Å². The maximum atomic E-state index is 10.4. The first kappa shape index (κ1) is 21.5. The second kappa shape index (κ2) is 9.99. The number of piperazine rings is 1. The lowest BCUT2D eigenvalue weighted by Gasteiger charge is -2.36. The lowest BCUT2D eigenvalue weighted by molar-refractivity contribution is 0.0663. The van der Waals surface area contributed by atoms with Crippen LogP contribution >= 0.6 is 0 Å². The van der Waals surface area contributed by atoms with Crippen LogP contribution < -0.4 is 14.4 Å². The largest absolute Gasteiger partial charge is 0.497 e. The number of methoxy groups -OCH3 is 1. The predicted octanol–water partition coefficient (Wildman–Crippen LogP) is 3.69. The van der Waals surface area contributed by atoms with Crippen molar-refractivity contribution in [1.82, 2.24) is 4.90 Å². The Hall–Kier alpha value is -2.24. The van der Waals surface area contributed by atoms with Gasteiger partial charge in [-0.05, 0) is 60.4 Å². The Morgan fingerprint density at radius 1 is 0.966 bits per heavy atom. The molecule has 158 valence electrons. The Kier molecular flexibility index (Phi) is 7.40. The molecule has 0 aliphatic carbocycles. The summed E-state index contributed by atoms with van der Waals surface area (Å²) >= 11 is 0. The molecule has 0 saturated carbocycles. The zero-order valence-electron chi connectivity index (χ0n) is 18.1. The van der Waals surface area contributed by atoms with Crippen molar-refractivity contribution in [3.8, 4) is 11.5 Å². The van der Waals surface area contributed by atoms with Crippen molar-refractivity contribution in [3.05, 3.63) is 53.6 Å². The number of β-amino-alcohol motifs (C(OH)–C–C–N with tert-alkyl or cyclic N) is 1. The molecule has 1 N–H and O–H groups in total. The first-order valence-corrected chi connectivity index (χ1v) is 10.5. The third-order valence-corrected chi connectivity index (χ3v) is 5.58. The van der Waals surface area contributed by atoms with Crippen LogP contribution in [0.2, 0.25) is 0 Å². The van der Waals surface area contributed by atoms with E-state index in [1.54, 1.807) is 7.11 Å². The number of aliphatic hydroxyl groups excluding tert-OH is 1. The summed E-state index contributed by atoms with van der Waals surface area (Å²) in [4.78, 5) is 4.68. The molecule has 1 heterocycles. The van der Waals surface area contributed by atoms with Crippen LogP contribution in [0.3, 0.4) is 0 Å². The van der Waals surface area contributed by atoms with Crippen LogP contribution in [0, 0.1) is 6.92 Å². The van der Waals surface area contributed by atoms with E-state index in [0.29, 0.717) is 19.1 Å². The van der Waals surface area contributed by atoms with Crippen LogP contribution in [0.15, 0.2) is 42.5 Å². The standard InChI is InChI=1S/C24H34N2O3/c1-18(2)24-10-9-23(15-19(24)3)29-17-21(27)16-25-11-13-26(14-12-25)20-5-7-22(28-4)8-6-20/h5-10,15,18,21,27H,11-14,16-17H2,1-4H3/t21-/m0/s1. The first-order valence-electron chi connectivity index (χ1n) is 10.5. The molecular weight excluding hydrogens is 364 g/mol. The molecule has 1 aliphatic heterocycles.